The number of fused-ring (bicyclic) bond motifs is 1. The lowest BCUT2D eigenvalue weighted by atomic mass is 10.1. The Morgan fingerprint density at radius 2 is 2.39 bits per heavy atom. The molecule has 7 heteroatoms. The standard InChI is InChI=1S/C16H21FN4O2/c17-13-2-1-3-15(6-13)23-11-14(22)9-18-7-12-8-19-16-4-5-20-21(16)10-12/h1-6,12,14,18-19,22H,7-11H2. The minimum absolute atomic E-state index is 0.128. The van der Waals surface area contributed by atoms with Gasteiger partial charge in [0.05, 0.1) is 6.20 Å². The molecule has 1 aliphatic heterocycles. The van der Waals surface area contributed by atoms with Crippen LogP contribution in [0.25, 0.3) is 0 Å². The van der Waals surface area contributed by atoms with Crippen LogP contribution >= 0.6 is 0 Å². The van der Waals surface area contributed by atoms with E-state index in [1.165, 1.54) is 12.1 Å². The first kappa shape index (κ1) is 15.8. The predicted molar refractivity (Wildman–Crippen MR) is 85.0 cm³/mol. The molecule has 2 aromatic rings. The number of ether oxygens (including phenoxy) is 1. The van der Waals surface area contributed by atoms with Crippen LogP contribution in [0.5, 0.6) is 5.75 Å². The van der Waals surface area contributed by atoms with E-state index in [0.717, 1.165) is 25.5 Å². The van der Waals surface area contributed by atoms with Crippen LogP contribution in [0.15, 0.2) is 36.5 Å². The molecule has 0 bridgehead atoms. The molecule has 124 valence electrons. The maximum absolute atomic E-state index is 13.0. The van der Waals surface area contributed by atoms with Gasteiger partial charge in [-0.25, -0.2) is 9.07 Å². The molecule has 3 rings (SSSR count). The molecule has 0 amide bonds. The average Bonchev–Trinajstić information content (AvgIpc) is 3.01. The molecular formula is C16H21FN4O2. The van der Waals surface area contributed by atoms with Crippen LogP contribution in [0.2, 0.25) is 0 Å². The van der Waals surface area contributed by atoms with Crippen LogP contribution in [-0.2, 0) is 6.54 Å². The molecule has 2 heterocycles. The lowest BCUT2D eigenvalue weighted by molar-refractivity contribution is 0.105. The van der Waals surface area contributed by atoms with Gasteiger partial charge < -0.3 is 20.5 Å². The number of aliphatic hydroxyl groups excluding tert-OH is 1. The van der Waals surface area contributed by atoms with Crippen LogP contribution in [0.3, 0.4) is 0 Å². The van der Waals surface area contributed by atoms with Crippen molar-refractivity contribution in [1.82, 2.24) is 15.1 Å². The van der Waals surface area contributed by atoms with Gasteiger partial charge in [0.15, 0.2) is 0 Å². The molecule has 1 aromatic carbocycles. The van der Waals surface area contributed by atoms with E-state index in [1.54, 1.807) is 18.3 Å². The summed E-state index contributed by atoms with van der Waals surface area (Å²) in [6.07, 6.45) is 1.14. The van der Waals surface area contributed by atoms with E-state index < -0.39 is 6.10 Å². The Labute approximate surface area is 134 Å². The lowest BCUT2D eigenvalue weighted by Crippen LogP contribution is -2.39. The van der Waals surface area contributed by atoms with E-state index in [9.17, 15) is 9.50 Å². The van der Waals surface area contributed by atoms with Crippen molar-refractivity contribution in [3.63, 3.8) is 0 Å². The van der Waals surface area contributed by atoms with Gasteiger partial charge in [-0.15, -0.1) is 0 Å². The molecule has 2 atom stereocenters. The number of hydrogen-bond donors (Lipinski definition) is 3. The summed E-state index contributed by atoms with van der Waals surface area (Å²) < 4.78 is 20.3. The summed E-state index contributed by atoms with van der Waals surface area (Å²) in [6, 6.07) is 7.86. The third-order valence-corrected chi connectivity index (χ3v) is 3.77. The second kappa shape index (κ2) is 7.43. The fourth-order valence-corrected chi connectivity index (χ4v) is 2.59. The van der Waals surface area contributed by atoms with Crippen molar-refractivity contribution in [3.05, 3.63) is 42.3 Å². The third kappa shape index (κ3) is 4.43. The Morgan fingerprint density at radius 3 is 3.26 bits per heavy atom. The number of aliphatic hydroxyl groups is 1. The SMILES string of the molecule is OC(CNCC1CNc2ccnn2C1)COc1cccc(F)c1. The number of anilines is 1. The topological polar surface area (TPSA) is 71.3 Å². The summed E-state index contributed by atoms with van der Waals surface area (Å²) >= 11 is 0. The number of hydrogen-bond acceptors (Lipinski definition) is 5. The molecule has 1 aliphatic rings. The number of aromatic nitrogens is 2. The van der Waals surface area contributed by atoms with E-state index in [1.807, 2.05) is 10.7 Å². The van der Waals surface area contributed by atoms with Gasteiger partial charge in [-0.05, 0) is 12.1 Å². The predicted octanol–water partition coefficient (Wildman–Crippen LogP) is 1.09. The zero-order chi connectivity index (χ0) is 16.1. The highest BCUT2D eigenvalue weighted by Crippen LogP contribution is 2.15. The summed E-state index contributed by atoms with van der Waals surface area (Å²) in [5, 5.41) is 20.7. The van der Waals surface area contributed by atoms with Crippen molar-refractivity contribution in [3.8, 4) is 5.75 Å². The second-order valence-electron chi connectivity index (χ2n) is 5.73. The Hall–Kier alpha value is -2.12. The molecule has 0 fully saturated rings. The van der Waals surface area contributed by atoms with Crippen molar-refractivity contribution in [2.75, 3.05) is 31.6 Å². The largest absolute Gasteiger partial charge is 0.491 e. The molecule has 0 radical (unpaired) electrons. The average molecular weight is 320 g/mol. The molecule has 3 N–H and O–H groups in total. The number of benzene rings is 1. The van der Waals surface area contributed by atoms with Crippen LogP contribution in [0, 0.1) is 11.7 Å². The minimum atomic E-state index is -0.643. The van der Waals surface area contributed by atoms with E-state index in [-0.39, 0.29) is 12.4 Å². The first-order valence-electron chi connectivity index (χ1n) is 7.73. The number of halogens is 1. The molecule has 23 heavy (non-hydrogen) atoms. The minimum Gasteiger partial charge on any atom is -0.491 e. The van der Waals surface area contributed by atoms with Crippen LogP contribution in [0.1, 0.15) is 0 Å². The van der Waals surface area contributed by atoms with Gasteiger partial charge in [0.25, 0.3) is 0 Å². The van der Waals surface area contributed by atoms with Gasteiger partial charge in [0.2, 0.25) is 0 Å². The molecule has 0 spiro atoms. The molecule has 6 nitrogen and oxygen atoms in total. The fraction of sp³-hybridized carbons (Fsp3) is 0.438. The fourth-order valence-electron chi connectivity index (χ4n) is 2.59. The quantitative estimate of drug-likeness (QED) is 0.712. The number of nitrogens with one attached hydrogen (secondary N) is 2. The third-order valence-electron chi connectivity index (χ3n) is 3.77. The van der Waals surface area contributed by atoms with Crippen LogP contribution < -0.4 is 15.4 Å². The first-order valence-corrected chi connectivity index (χ1v) is 7.73. The Bertz CT molecular complexity index is 634. The van der Waals surface area contributed by atoms with Gasteiger partial charge >= 0.3 is 0 Å². The molecular weight excluding hydrogens is 299 g/mol. The van der Waals surface area contributed by atoms with E-state index in [4.69, 9.17) is 4.74 Å². The Morgan fingerprint density at radius 1 is 1.48 bits per heavy atom. The van der Waals surface area contributed by atoms with Crippen molar-refractivity contribution in [2.24, 2.45) is 5.92 Å². The van der Waals surface area contributed by atoms with Crippen molar-refractivity contribution in [2.45, 2.75) is 12.6 Å². The van der Waals surface area contributed by atoms with Crippen molar-refractivity contribution >= 4 is 5.82 Å². The van der Waals surface area contributed by atoms with E-state index >= 15 is 0 Å². The summed E-state index contributed by atoms with van der Waals surface area (Å²) in [4.78, 5) is 0. The summed E-state index contributed by atoms with van der Waals surface area (Å²) in [6.45, 7) is 3.08. The van der Waals surface area contributed by atoms with Crippen LogP contribution in [0.4, 0.5) is 10.2 Å². The van der Waals surface area contributed by atoms with Crippen LogP contribution in [-0.4, -0.2) is 47.2 Å². The van der Waals surface area contributed by atoms with E-state index in [2.05, 4.69) is 15.7 Å². The van der Waals surface area contributed by atoms with Crippen molar-refractivity contribution in [1.29, 1.82) is 0 Å². The molecule has 2 unspecified atom stereocenters. The molecule has 0 saturated carbocycles. The highest BCUT2D eigenvalue weighted by Gasteiger charge is 2.18. The Kier molecular flexibility index (Phi) is 5.09. The van der Waals surface area contributed by atoms with Crippen molar-refractivity contribution < 1.29 is 14.2 Å². The summed E-state index contributed by atoms with van der Waals surface area (Å²) in [7, 11) is 0. The monoisotopic (exact) mass is 320 g/mol. The van der Waals surface area contributed by atoms with Gasteiger partial charge in [0.1, 0.15) is 30.1 Å². The highest BCUT2D eigenvalue weighted by molar-refractivity contribution is 5.35. The Balaban J connectivity index is 1.34. The van der Waals surface area contributed by atoms with Gasteiger partial charge in [-0.3, -0.25) is 0 Å². The number of nitrogens with zero attached hydrogens (tertiary/aromatic N) is 2. The zero-order valence-electron chi connectivity index (χ0n) is 12.8. The maximum atomic E-state index is 13.0. The molecule has 0 aliphatic carbocycles. The van der Waals surface area contributed by atoms with Gasteiger partial charge in [-0.1, -0.05) is 6.07 Å². The zero-order valence-corrected chi connectivity index (χ0v) is 12.8. The molecule has 0 saturated heterocycles. The smallest absolute Gasteiger partial charge is 0.126 e. The lowest BCUT2D eigenvalue weighted by Gasteiger charge is -2.25. The summed E-state index contributed by atoms with van der Waals surface area (Å²) in [5.41, 5.74) is 0. The summed E-state index contributed by atoms with van der Waals surface area (Å²) in [5.74, 6) is 1.54. The second-order valence-corrected chi connectivity index (χ2v) is 5.73. The highest BCUT2D eigenvalue weighted by atomic mass is 19.1. The van der Waals surface area contributed by atoms with Gasteiger partial charge in [0, 0.05) is 44.2 Å². The van der Waals surface area contributed by atoms with E-state index in [0.29, 0.717) is 18.2 Å². The van der Waals surface area contributed by atoms with Gasteiger partial charge in [-0.2, -0.15) is 5.10 Å². The first-order chi connectivity index (χ1) is 11.2. The number of rotatable bonds is 7. The maximum Gasteiger partial charge on any atom is 0.126 e. The normalized spacial score (nSPS) is 18.1. The molecule has 1 aromatic heterocycles.